The van der Waals surface area contributed by atoms with Gasteiger partial charge in [-0.1, -0.05) is 13.8 Å². The van der Waals surface area contributed by atoms with Gasteiger partial charge in [0.05, 0.1) is 18.2 Å². The highest BCUT2D eigenvalue weighted by Gasteiger charge is 2.71. The van der Waals surface area contributed by atoms with Gasteiger partial charge in [0, 0.05) is 25.6 Å². The van der Waals surface area contributed by atoms with Crippen LogP contribution in [-0.2, 0) is 19.1 Å². The number of nitrogens with zero attached hydrogens (tertiary/aromatic N) is 1. The first kappa shape index (κ1) is 19.9. The van der Waals surface area contributed by atoms with Crippen molar-refractivity contribution in [1.29, 1.82) is 0 Å². The van der Waals surface area contributed by atoms with Crippen molar-refractivity contribution in [2.75, 3.05) is 13.2 Å². The fourth-order valence-corrected chi connectivity index (χ4v) is 4.27. The van der Waals surface area contributed by atoms with Gasteiger partial charge in [0.2, 0.25) is 11.4 Å². The molecule has 0 unspecified atom stereocenters. The molecular formula is C18H23F3N2O4. The predicted molar refractivity (Wildman–Crippen MR) is 88.3 cm³/mol. The number of ether oxygens (including phenoxy) is 1. The van der Waals surface area contributed by atoms with Gasteiger partial charge in [0.15, 0.2) is 5.78 Å². The molecule has 0 aromatic carbocycles. The van der Waals surface area contributed by atoms with E-state index in [2.05, 4.69) is 0 Å². The normalized spacial score (nSPS) is 30.7. The quantitative estimate of drug-likeness (QED) is 0.803. The van der Waals surface area contributed by atoms with Crippen molar-refractivity contribution < 1.29 is 32.3 Å². The van der Waals surface area contributed by atoms with Crippen LogP contribution < -0.4 is 5.32 Å². The van der Waals surface area contributed by atoms with Crippen LogP contribution in [0.25, 0.3) is 0 Å². The van der Waals surface area contributed by atoms with Crippen LogP contribution in [0.2, 0.25) is 0 Å². The summed E-state index contributed by atoms with van der Waals surface area (Å²) in [6.45, 7) is 4.88. The zero-order valence-corrected chi connectivity index (χ0v) is 15.5. The lowest BCUT2D eigenvalue weighted by atomic mass is 9.72. The van der Waals surface area contributed by atoms with Crippen LogP contribution in [0.4, 0.5) is 13.2 Å². The van der Waals surface area contributed by atoms with Gasteiger partial charge in [0.1, 0.15) is 0 Å². The van der Waals surface area contributed by atoms with Crippen LogP contribution in [0.5, 0.6) is 0 Å². The van der Waals surface area contributed by atoms with Crippen LogP contribution in [0.3, 0.4) is 0 Å². The molecule has 2 amide bonds. The minimum absolute atomic E-state index is 0.0571. The molecule has 3 rings (SSSR count). The number of amides is 2. The minimum atomic E-state index is -5.14. The zero-order valence-electron chi connectivity index (χ0n) is 15.5. The lowest BCUT2D eigenvalue weighted by Crippen LogP contribution is -2.66. The Morgan fingerprint density at radius 3 is 2.48 bits per heavy atom. The molecule has 0 spiro atoms. The van der Waals surface area contributed by atoms with E-state index < -0.39 is 40.3 Å². The summed E-state index contributed by atoms with van der Waals surface area (Å²) in [5.41, 5.74) is -4.47. The van der Waals surface area contributed by atoms with Crippen LogP contribution >= 0.6 is 0 Å². The van der Waals surface area contributed by atoms with E-state index in [1.807, 2.05) is 0 Å². The second-order valence-electron chi connectivity index (χ2n) is 8.24. The van der Waals surface area contributed by atoms with Gasteiger partial charge in [-0.3, -0.25) is 14.4 Å². The summed E-state index contributed by atoms with van der Waals surface area (Å²) in [4.78, 5) is 38.4. The maximum Gasteiger partial charge on any atom is 0.425 e. The van der Waals surface area contributed by atoms with E-state index in [4.69, 9.17) is 4.74 Å². The van der Waals surface area contributed by atoms with Gasteiger partial charge in [-0.05, 0) is 24.7 Å². The Morgan fingerprint density at radius 1 is 1.30 bits per heavy atom. The molecule has 2 atom stereocenters. The molecule has 0 aromatic rings. The number of hydrogen-bond acceptors (Lipinski definition) is 4. The van der Waals surface area contributed by atoms with Crippen molar-refractivity contribution in [3.8, 4) is 0 Å². The first-order chi connectivity index (χ1) is 12.4. The summed E-state index contributed by atoms with van der Waals surface area (Å²) in [6.07, 6.45) is -4.11. The van der Waals surface area contributed by atoms with E-state index in [0.717, 1.165) is 18.2 Å². The summed E-state index contributed by atoms with van der Waals surface area (Å²) >= 11 is 0. The molecule has 1 aliphatic carbocycles. The van der Waals surface area contributed by atoms with Crippen LogP contribution in [0.15, 0.2) is 11.3 Å². The third-order valence-corrected chi connectivity index (χ3v) is 5.32. The van der Waals surface area contributed by atoms with Crippen LogP contribution in [0.1, 0.15) is 46.5 Å². The largest absolute Gasteiger partial charge is 0.425 e. The summed E-state index contributed by atoms with van der Waals surface area (Å²) in [5, 5.41) is 1.78. The molecule has 0 radical (unpaired) electrons. The Labute approximate surface area is 155 Å². The van der Waals surface area contributed by atoms with Gasteiger partial charge < -0.3 is 15.0 Å². The molecule has 27 heavy (non-hydrogen) atoms. The maximum absolute atomic E-state index is 14.2. The number of rotatable bonds is 3. The third kappa shape index (κ3) is 3.15. The average molecular weight is 388 g/mol. The zero-order chi connectivity index (χ0) is 20.2. The molecule has 0 aromatic heterocycles. The highest BCUT2D eigenvalue weighted by Crippen LogP contribution is 2.51. The van der Waals surface area contributed by atoms with Gasteiger partial charge in [-0.15, -0.1) is 0 Å². The van der Waals surface area contributed by atoms with E-state index in [-0.39, 0.29) is 31.2 Å². The summed E-state index contributed by atoms with van der Waals surface area (Å²) < 4.78 is 48.0. The molecular weight excluding hydrogens is 365 g/mol. The SMILES string of the molecule is CC(=O)N[C@@]1(C(F)(F)F)C(=O)N(C[C@H]2CCCO2)C2=C1C(=O)CC(C)(C)C2. The molecule has 1 saturated heterocycles. The number of Topliss-reactive ketones (excluding diaryl/α,β-unsaturated/α-hetero) is 1. The van der Waals surface area contributed by atoms with Crippen molar-refractivity contribution in [3.05, 3.63) is 11.3 Å². The lowest BCUT2D eigenvalue weighted by molar-refractivity contribution is -0.194. The monoisotopic (exact) mass is 388 g/mol. The molecule has 1 fully saturated rings. The number of halogens is 3. The van der Waals surface area contributed by atoms with Gasteiger partial charge >= 0.3 is 6.18 Å². The topological polar surface area (TPSA) is 75.7 Å². The van der Waals surface area contributed by atoms with Crippen LogP contribution in [-0.4, -0.2) is 53.5 Å². The second-order valence-corrected chi connectivity index (χ2v) is 8.24. The highest BCUT2D eigenvalue weighted by molar-refractivity contribution is 6.13. The van der Waals surface area contributed by atoms with Crippen molar-refractivity contribution in [2.45, 2.75) is 64.3 Å². The summed E-state index contributed by atoms with van der Waals surface area (Å²) in [6, 6.07) is 0. The minimum Gasteiger partial charge on any atom is -0.376 e. The number of carbonyl (C=O) groups excluding carboxylic acids is 3. The molecule has 150 valence electrons. The Kier molecular flexibility index (Phi) is 4.65. The molecule has 0 bridgehead atoms. The van der Waals surface area contributed by atoms with E-state index in [9.17, 15) is 27.6 Å². The van der Waals surface area contributed by atoms with E-state index >= 15 is 0 Å². The Balaban J connectivity index is 2.16. The number of ketones is 1. The molecule has 2 aliphatic heterocycles. The average Bonchev–Trinajstić information content (AvgIpc) is 3.06. The molecule has 2 heterocycles. The molecule has 1 N–H and O–H groups in total. The lowest BCUT2D eigenvalue weighted by Gasteiger charge is -2.35. The predicted octanol–water partition coefficient (Wildman–Crippen LogP) is 2.09. The number of alkyl halides is 3. The highest BCUT2D eigenvalue weighted by atomic mass is 19.4. The molecule has 9 heteroatoms. The Bertz CT molecular complexity index is 723. The fraction of sp³-hybridized carbons (Fsp3) is 0.722. The third-order valence-electron chi connectivity index (χ3n) is 5.32. The van der Waals surface area contributed by atoms with Gasteiger partial charge in [0.25, 0.3) is 5.91 Å². The van der Waals surface area contributed by atoms with Crippen molar-refractivity contribution in [2.24, 2.45) is 5.41 Å². The number of nitrogens with one attached hydrogen (secondary N) is 1. The number of carbonyl (C=O) groups is 3. The first-order valence-corrected chi connectivity index (χ1v) is 8.95. The molecule has 0 saturated carbocycles. The summed E-state index contributed by atoms with van der Waals surface area (Å²) in [5.74, 6) is -3.10. The number of hydrogen-bond donors (Lipinski definition) is 1. The summed E-state index contributed by atoms with van der Waals surface area (Å²) in [7, 11) is 0. The van der Waals surface area contributed by atoms with Crippen molar-refractivity contribution in [3.63, 3.8) is 0 Å². The van der Waals surface area contributed by atoms with E-state index in [0.29, 0.717) is 13.0 Å². The Morgan fingerprint density at radius 2 is 1.96 bits per heavy atom. The van der Waals surface area contributed by atoms with Crippen molar-refractivity contribution in [1.82, 2.24) is 10.2 Å². The van der Waals surface area contributed by atoms with E-state index in [1.165, 1.54) is 0 Å². The number of allylic oxidation sites excluding steroid dienone is 1. The van der Waals surface area contributed by atoms with Gasteiger partial charge in [-0.2, -0.15) is 13.2 Å². The Hall–Kier alpha value is -1.90. The standard InChI is InChI=1S/C18H23F3N2O4/c1-10(24)22-17(18(19,20)21)14-12(7-16(2,3)8-13(14)25)23(15(17)26)9-11-5-4-6-27-11/h11H,4-9H2,1-3H3,(H,22,24)/t11-,17-/m1/s1. The van der Waals surface area contributed by atoms with Gasteiger partial charge in [-0.25, -0.2) is 0 Å². The fourth-order valence-electron chi connectivity index (χ4n) is 4.27. The van der Waals surface area contributed by atoms with Crippen molar-refractivity contribution >= 4 is 17.6 Å². The maximum atomic E-state index is 14.2. The second kappa shape index (κ2) is 6.32. The van der Waals surface area contributed by atoms with Crippen LogP contribution in [0, 0.1) is 5.41 Å². The molecule has 6 nitrogen and oxygen atoms in total. The smallest absolute Gasteiger partial charge is 0.376 e. The van der Waals surface area contributed by atoms with E-state index in [1.54, 1.807) is 19.2 Å². The first-order valence-electron chi connectivity index (χ1n) is 8.95. The molecule has 3 aliphatic rings.